The van der Waals surface area contributed by atoms with E-state index in [1.54, 1.807) is 30.3 Å². The van der Waals surface area contributed by atoms with Gasteiger partial charge in [-0.15, -0.1) is 0 Å². The van der Waals surface area contributed by atoms with E-state index >= 15 is 8.78 Å². The summed E-state index contributed by atoms with van der Waals surface area (Å²) in [6.45, 7) is 0.547. The van der Waals surface area contributed by atoms with Crippen molar-refractivity contribution in [2.75, 3.05) is 33.4 Å². The molecule has 1 saturated heterocycles. The van der Waals surface area contributed by atoms with Crippen LogP contribution in [0, 0.1) is 11.6 Å². The van der Waals surface area contributed by atoms with Gasteiger partial charge >= 0.3 is 6.09 Å². The van der Waals surface area contributed by atoms with Crippen LogP contribution in [0.5, 0.6) is 11.5 Å². The minimum absolute atomic E-state index is 0.00506. The lowest BCUT2D eigenvalue weighted by atomic mass is 9.85. The Labute approximate surface area is 252 Å². The lowest BCUT2D eigenvalue weighted by Gasteiger charge is -2.29. The number of nitrogens with one attached hydrogen (secondary N) is 2. The number of rotatable bonds is 10. The van der Waals surface area contributed by atoms with Crippen LogP contribution in [0.4, 0.5) is 13.6 Å². The summed E-state index contributed by atoms with van der Waals surface area (Å²) in [4.78, 5) is 24.4. The molecule has 2 aliphatic heterocycles. The normalized spacial score (nSPS) is 19.3. The van der Waals surface area contributed by atoms with E-state index in [0.717, 1.165) is 25.3 Å². The number of hydrogen-bond donors (Lipinski definition) is 3. The highest BCUT2D eigenvalue weighted by Crippen LogP contribution is 2.50. The van der Waals surface area contributed by atoms with Gasteiger partial charge in [0.2, 0.25) is 0 Å². The van der Waals surface area contributed by atoms with Crippen LogP contribution in [0.15, 0.2) is 48.5 Å². The summed E-state index contributed by atoms with van der Waals surface area (Å²) in [7, 11) is 1.39. The van der Waals surface area contributed by atoms with Gasteiger partial charge in [-0.3, -0.25) is 4.79 Å². The van der Waals surface area contributed by atoms with Gasteiger partial charge < -0.3 is 34.7 Å². The van der Waals surface area contributed by atoms with Crippen molar-refractivity contribution in [3.05, 3.63) is 81.9 Å². The van der Waals surface area contributed by atoms with Gasteiger partial charge in [0.15, 0.2) is 23.5 Å². The van der Waals surface area contributed by atoms with Gasteiger partial charge in [-0.2, -0.15) is 0 Å². The molecule has 3 aromatic rings. The van der Waals surface area contributed by atoms with E-state index in [1.165, 1.54) is 19.2 Å². The molecule has 0 bridgehead atoms. The van der Waals surface area contributed by atoms with Gasteiger partial charge in [-0.05, 0) is 37.0 Å². The lowest BCUT2D eigenvalue weighted by Crippen LogP contribution is -2.43. The third-order valence-electron chi connectivity index (χ3n) is 7.49. The highest BCUT2D eigenvalue weighted by Gasteiger charge is 2.44. The Morgan fingerprint density at radius 1 is 1.12 bits per heavy atom. The number of benzene rings is 3. The second-order valence-electron chi connectivity index (χ2n) is 10.2. The fourth-order valence-corrected chi connectivity index (χ4v) is 5.70. The van der Waals surface area contributed by atoms with Gasteiger partial charge in [0.1, 0.15) is 18.2 Å². The second kappa shape index (κ2) is 13.2. The zero-order valence-corrected chi connectivity index (χ0v) is 24.1. The van der Waals surface area contributed by atoms with Crippen molar-refractivity contribution >= 4 is 23.6 Å². The third kappa shape index (κ3) is 6.39. The molecule has 12 heteroatoms. The van der Waals surface area contributed by atoms with Gasteiger partial charge in [0.05, 0.1) is 23.7 Å². The molecule has 2 amide bonds. The first-order valence-corrected chi connectivity index (χ1v) is 14.2. The van der Waals surface area contributed by atoms with Crippen molar-refractivity contribution in [1.82, 2.24) is 10.6 Å². The summed E-state index contributed by atoms with van der Waals surface area (Å²) in [5.74, 6) is -2.60. The van der Waals surface area contributed by atoms with Gasteiger partial charge in [-0.1, -0.05) is 41.9 Å². The molecule has 2 atom stereocenters. The molecule has 2 heterocycles. The summed E-state index contributed by atoms with van der Waals surface area (Å²) in [6, 6.07) is 12.6. The van der Waals surface area contributed by atoms with Crippen LogP contribution in [-0.2, 0) is 21.5 Å². The topological polar surface area (TPSA) is 115 Å². The van der Waals surface area contributed by atoms with Crippen LogP contribution in [0.2, 0.25) is 5.02 Å². The first-order valence-electron chi connectivity index (χ1n) is 13.9. The predicted octanol–water partition coefficient (Wildman–Crippen LogP) is 5.66. The Hall–Kier alpha value is -3.93. The molecule has 3 aromatic carbocycles. The number of carbonyl (C=O) groups is 2. The second-order valence-corrected chi connectivity index (χ2v) is 10.6. The molecule has 0 saturated carbocycles. The molecular weight excluding hydrogens is 586 g/mol. The first kappa shape index (κ1) is 30.5. The van der Waals surface area contributed by atoms with E-state index in [2.05, 4.69) is 10.6 Å². The third-order valence-corrected chi connectivity index (χ3v) is 7.86. The Kier molecular flexibility index (Phi) is 9.34. The van der Waals surface area contributed by atoms with Gasteiger partial charge in [0, 0.05) is 42.8 Å². The average Bonchev–Trinajstić information content (AvgIpc) is 3.39. The van der Waals surface area contributed by atoms with E-state index in [9.17, 15) is 14.7 Å². The predicted molar refractivity (Wildman–Crippen MR) is 154 cm³/mol. The Morgan fingerprint density at radius 2 is 1.91 bits per heavy atom. The highest BCUT2D eigenvalue weighted by atomic mass is 35.5. The number of ether oxygens (including phenoxy) is 4. The Balaban J connectivity index is 1.55. The first-order chi connectivity index (χ1) is 20.7. The highest BCUT2D eigenvalue weighted by molar-refractivity contribution is 6.34. The van der Waals surface area contributed by atoms with Crippen molar-refractivity contribution in [1.29, 1.82) is 0 Å². The van der Waals surface area contributed by atoms with Crippen LogP contribution < -0.4 is 20.1 Å². The van der Waals surface area contributed by atoms with Gasteiger partial charge in [0.25, 0.3) is 5.91 Å². The molecule has 1 unspecified atom stereocenters. The number of halogens is 3. The minimum atomic E-state index is -1.30. The Morgan fingerprint density at radius 3 is 2.60 bits per heavy atom. The fourth-order valence-electron chi connectivity index (χ4n) is 5.43. The number of carbonyl (C=O) groups excluding carboxylic acids is 1. The molecule has 43 heavy (non-hydrogen) atoms. The fraction of sp³-hybridized carbons (Fsp3) is 0.355. The maximum atomic E-state index is 16.4. The zero-order valence-electron chi connectivity index (χ0n) is 23.4. The van der Waals surface area contributed by atoms with Crippen molar-refractivity contribution in [2.45, 2.75) is 37.6 Å². The Bertz CT molecular complexity index is 1500. The van der Waals surface area contributed by atoms with Crippen molar-refractivity contribution < 1.29 is 42.4 Å². The number of fused-ring (bicyclic) bond motifs is 1. The summed E-state index contributed by atoms with van der Waals surface area (Å²) in [5, 5.41) is 13.8. The monoisotopic (exact) mass is 616 g/mol. The molecule has 228 valence electrons. The lowest BCUT2D eigenvalue weighted by molar-refractivity contribution is -0.165. The van der Waals surface area contributed by atoms with E-state index in [4.69, 9.17) is 30.5 Å². The van der Waals surface area contributed by atoms with E-state index in [0.29, 0.717) is 17.7 Å². The summed E-state index contributed by atoms with van der Waals surface area (Å²) >= 11 is 6.52. The van der Waals surface area contributed by atoms with Crippen LogP contribution in [-0.4, -0.2) is 56.8 Å². The van der Waals surface area contributed by atoms with E-state index in [1.807, 2.05) is 0 Å². The summed E-state index contributed by atoms with van der Waals surface area (Å²) in [6.07, 6.45) is 1.09. The molecule has 2 aliphatic rings. The molecule has 5 rings (SSSR count). The molecule has 0 radical (unpaired) electrons. The van der Waals surface area contributed by atoms with Crippen LogP contribution >= 0.6 is 11.6 Å². The van der Waals surface area contributed by atoms with E-state index < -0.39 is 34.3 Å². The maximum Gasteiger partial charge on any atom is 0.404 e. The van der Waals surface area contributed by atoms with Crippen LogP contribution in [0.3, 0.4) is 0 Å². The minimum Gasteiger partial charge on any atom is -0.488 e. The molecular formula is C31H31ClF2N2O7. The molecule has 0 aromatic heterocycles. The summed E-state index contributed by atoms with van der Waals surface area (Å²) < 4.78 is 54.9. The average molecular weight is 617 g/mol. The molecule has 1 fully saturated rings. The number of hydrogen-bond acceptors (Lipinski definition) is 6. The SMILES string of the molecule is CNC(=O)c1ccc(OCCOC2CCCCO2)c(F)c1-c1c(Cl)c(F)cc2c1C[C@@](CNC(=O)O)(c1ccccc1)O2. The largest absolute Gasteiger partial charge is 0.488 e. The molecule has 0 aliphatic carbocycles. The summed E-state index contributed by atoms with van der Waals surface area (Å²) in [5.41, 5.74) is -0.847. The molecule has 3 N–H and O–H groups in total. The zero-order chi connectivity index (χ0) is 30.6. The smallest absolute Gasteiger partial charge is 0.404 e. The van der Waals surface area contributed by atoms with E-state index in [-0.39, 0.29) is 60.7 Å². The quantitative estimate of drug-likeness (QED) is 0.252. The maximum absolute atomic E-state index is 16.4. The standard InChI is InChI=1S/C31H31ClF2N2O7/c1-35-29(37)19-10-11-22(40-13-14-42-24-9-5-6-12-41-24)28(34)26(19)25-20-16-31(17-36-30(38)39,18-7-3-2-4-8-18)43-23(20)15-21(33)27(25)32/h2-4,7-8,10-11,15,24,36H,5-6,9,12-14,16-17H2,1H3,(H,35,37)(H,38,39)/t24?,31-/m1/s1. The van der Waals surface area contributed by atoms with Gasteiger partial charge in [-0.25, -0.2) is 13.6 Å². The number of carboxylic acid groups (broad SMARTS) is 1. The van der Waals surface area contributed by atoms with Crippen molar-refractivity contribution in [3.8, 4) is 22.6 Å². The molecule has 9 nitrogen and oxygen atoms in total. The van der Waals surface area contributed by atoms with Crippen LogP contribution in [0.25, 0.3) is 11.1 Å². The van der Waals surface area contributed by atoms with Crippen LogP contribution in [0.1, 0.15) is 40.7 Å². The van der Waals surface area contributed by atoms with Crippen molar-refractivity contribution in [2.24, 2.45) is 0 Å². The number of amides is 2. The molecule has 0 spiro atoms. The van der Waals surface area contributed by atoms with Crippen molar-refractivity contribution in [3.63, 3.8) is 0 Å².